The van der Waals surface area contributed by atoms with E-state index in [1.165, 1.54) is 4.90 Å². The van der Waals surface area contributed by atoms with E-state index in [0.717, 1.165) is 12.8 Å². The van der Waals surface area contributed by atoms with Crippen LogP contribution < -0.4 is 0 Å². The normalized spacial score (nSPS) is 47.7. The smallest absolute Gasteiger partial charge is 0.261 e. The minimum absolute atomic E-state index is 0.00491. The predicted octanol–water partition coefficient (Wildman–Crippen LogP) is 4.14. The molecule has 166 valence electrons. The fourth-order valence-electron chi connectivity index (χ4n) is 6.86. The Kier molecular flexibility index (Phi) is 5.20. The van der Waals surface area contributed by atoms with E-state index in [4.69, 9.17) is 4.74 Å². The van der Waals surface area contributed by atoms with Crippen molar-refractivity contribution >= 4 is 11.7 Å². The van der Waals surface area contributed by atoms with E-state index in [-0.39, 0.29) is 58.4 Å². The molecule has 0 aromatic heterocycles. The van der Waals surface area contributed by atoms with Gasteiger partial charge >= 0.3 is 0 Å². The van der Waals surface area contributed by atoms with Crippen LogP contribution in [0, 0.1) is 41.4 Å². The molecule has 3 fully saturated rings. The second kappa shape index (κ2) is 7.22. The third kappa shape index (κ3) is 3.07. The van der Waals surface area contributed by atoms with E-state index in [1.807, 2.05) is 13.8 Å². The molecule has 5 heteroatoms. The van der Waals surface area contributed by atoms with Crippen LogP contribution in [0.1, 0.15) is 54.4 Å². The lowest BCUT2D eigenvalue weighted by Gasteiger charge is -2.48. The fraction of sp³-hybridized carbons (Fsp3) is 0.760. The Balaban J connectivity index is 1.82. The third-order valence-electron chi connectivity index (χ3n) is 8.48. The van der Waals surface area contributed by atoms with Crippen LogP contribution in [0.5, 0.6) is 0 Å². The first-order chi connectivity index (χ1) is 14.0. The van der Waals surface area contributed by atoms with Crippen molar-refractivity contribution in [3.63, 3.8) is 0 Å². The van der Waals surface area contributed by atoms with E-state index in [1.54, 1.807) is 7.05 Å². The van der Waals surface area contributed by atoms with Crippen LogP contribution in [0.2, 0.25) is 0 Å². The van der Waals surface area contributed by atoms with E-state index < -0.39 is 6.04 Å². The molecule has 1 amide bonds. The number of epoxide rings is 1. The van der Waals surface area contributed by atoms with Gasteiger partial charge in [-0.3, -0.25) is 9.59 Å². The molecule has 0 bridgehead atoms. The zero-order chi connectivity index (χ0) is 22.1. The lowest BCUT2D eigenvalue weighted by atomic mass is 9.56. The average Bonchev–Trinajstić information content (AvgIpc) is 3.19. The Morgan fingerprint density at radius 3 is 2.37 bits per heavy atom. The second-order valence-electron chi connectivity index (χ2n) is 10.9. The highest BCUT2D eigenvalue weighted by atomic mass is 16.6. The second-order valence-corrected chi connectivity index (χ2v) is 10.9. The number of likely N-dealkylation sites (N-methyl/N-ethyl adjacent to an activating group) is 1. The zero-order valence-electron chi connectivity index (χ0n) is 19.4. The average molecular weight is 416 g/mol. The Hall–Kier alpha value is -1.62. The van der Waals surface area contributed by atoms with Crippen molar-refractivity contribution < 1.29 is 19.4 Å². The third-order valence-corrected chi connectivity index (χ3v) is 8.48. The number of hydrogen-bond acceptors (Lipinski definition) is 4. The molecule has 1 saturated carbocycles. The summed E-state index contributed by atoms with van der Waals surface area (Å²) in [6.07, 6.45) is 6.80. The number of carbonyl (C=O) groups is 2. The number of aliphatic hydroxyl groups is 1. The van der Waals surface area contributed by atoms with Crippen LogP contribution in [-0.2, 0) is 14.3 Å². The molecule has 9 atom stereocenters. The standard InChI is InChI=1S/C25H37NO4/c1-12(2)21-23(28)20(24(29)26(21)7)22(27)19-17(25(6)15(5)30-25)9-8-16-11-13(3)10-14(4)18(16)19/h8-9,12-19,21,27H,10-11H2,1-7H3/b22-20-/t13-,14+,15-,16-,17?,18+,19+,21+,25+/m0/s1. The maximum Gasteiger partial charge on any atom is 0.261 e. The number of rotatable bonds is 3. The van der Waals surface area contributed by atoms with Gasteiger partial charge < -0.3 is 14.7 Å². The molecule has 4 aliphatic rings. The van der Waals surface area contributed by atoms with Crippen molar-refractivity contribution in [2.75, 3.05) is 7.05 Å². The highest BCUT2D eigenvalue weighted by molar-refractivity contribution is 6.26. The van der Waals surface area contributed by atoms with Crippen molar-refractivity contribution in [1.29, 1.82) is 0 Å². The number of carbonyl (C=O) groups excluding carboxylic acids is 2. The van der Waals surface area contributed by atoms with Crippen molar-refractivity contribution in [3.05, 3.63) is 23.5 Å². The summed E-state index contributed by atoms with van der Waals surface area (Å²) in [5.41, 5.74) is -0.347. The molecule has 2 aliphatic carbocycles. The Morgan fingerprint density at radius 2 is 1.83 bits per heavy atom. The fourth-order valence-corrected chi connectivity index (χ4v) is 6.86. The molecule has 0 aromatic carbocycles. The minimum Gasteiger partial charge on any atom is -0.511 e. The minimum atomic E-state index is -0.501. The van der Waals surface area contributed by atoms with Gasteiger partial charge in [0.05, 0.1) is 17.7 Å². The van der Waals surface area contributed by atoms with Gasteiger partial charge in [0, 0.05) is 18.9 Å². The summed E-state index contributed by atoms with van der Waals surface area (Å²) in [5.74, 6) is 0.745. The van der Waals surface area contributed by atoms with Crippen LogP contribution in [0.15, 0.2) is 23.5 Å². The van der Waals surface area contributed by atoms with Crippen LogP contribution in [0.3, 0.4) is 0 Å². The van der Waals surface area contributed by atoms with Crippen molar-refractivity contribution in [2.45, 2.75) is 72.1 Å². The molecule has 2 saturated heterocycles. The first kappa shape index (κ1) is 21.6. The van der Waals surface area contributed by atoms with E-state index in [0.29, 0.717) is 17.8 Å². The van der Waals surface area contributed by atoms with Gasteiger partial charge in [-0.2, -0.15) is 0 Å². The first-order valence-corrected chi connectivity index (χ1v) is 11.6. The molecule has 4 rings (SSSR count). The molecular formula is C25H37NO4. The van der Waals surface area contributed by atoms with Crippen LogP contribution in [0.25, 0.3) is 0 Å². The highest BCUT2D eigenvalue weighted by Crippen LogP contribution is 2.57. The van der Waals surface area contributed by atoms with Crippen molar-refractivity contribution in [3.8, 4) is 0 Å². The Labute approximate surface area is 180 Å². The van der Waals surface area contributed by atoms with Gasteiger partial charge in [-0.25, -0.2) is 0 Å². The molecule has 0 spiro atoms. The number of ether oxygens (including phenoxy) is 1. The number of aliphatic hydroxyl groups excluding tert-OH is 1. The summed E-state index contributed by atoms with van der Waals surface area (Å²) in [5, 5.41) is 11.6. The van der Waals surface area contributed by atoms with Crippen molar-refractivity contribution in [2.24, 2.45) is 41.4 Å². The molecule has 30 heavy (non-hydrogen) atoms. The molecule has 2 aliphatic heterocycles. The summed E-state index contributed by atoms with van der Waals surface area (Å²) in [6.45, 7) is 12.6. The predicted molar refractivity (Wildman–Crippen MR) is 116 cm³/mol. The summed E-state index contributed by atoms with van der Waals surface area (Å²) in [4.78, 5) is 27.8. The number of likely N-dealkylation sites (tertiary alicyclic amines) is 1. The van der Waals surface area contributed by atoms with Crippen LogP contribution in [0.4, 0.5) is 0 Å². The number of ketones is 1. The Morgan fingerprint density at radius 1 is 1.20 bits per heavy atom. The monoisotopic (exact) mass is 415 g/mol. The quantitative estimate of drug-likeness (QED) is 0.247. The first-order valence-electron chi connectivity index (χ1n) is 11.6. The van der Waals surface area contributed by atoms with Gasteiger partial charge in [-0.15, -0.1) is 0 Å². The topological polar surface area (TPSA) is 70.1 Å². The van der Waals surface area contributed by atoms with Gasteiger partial charge in [-0.05, 0) is 56.3 Å². The Bertz CT molecular complexity index is 814. The summed E-state index contributed by atoms with van der Waals surface area (Å²) in [7, 11) is 1.67. The molecule has 0 aromatic rings. The zero-order valence-corrected chi connectivity index (χ0v) is 19.4. The molecular weight excluding hydrogens is 378 g/mol. The van der Waals surface area contributed by atoms with Gasteiger partial charge in [0.2, 0.25) is 0 Å². The summed E-state index contributed by atoms with van der Waals surface area (Å²) < 4.78 is 5.99. The van der Waals surface area contributed by atoms with Crippen LogP contribution in [-0.4, -0.2) is 46.5 Å². The van der Waals surface area contributed by atoms with Crippen LogP contribution >= 0.6 is 0 Å². The highest BCUT2D eigenvalue weighted by Gasteiger charge is 2.61. The lowest BCUT2D eigenvalue weighted by molar-refractivity contribution is -0.126. The summed E-state index contributed by atoms with van der Waals surface area (Å²) >= 11 is 0. The van der Waals surface area contributed by atoms with Gasteiger partial charge in [0.1, 0.15) is 11.3 Å². The maximum atomic E-state index is 13.3. The van der Waals surface area contributed by atoms with Crippen molar-refractivity contribution in [1.82, 2.24) is 4.90 Å². The molecule has 1 N–H and O–H groups in total. The number of Topliss-reactive ketones (excluding diaryl/α,β-unsaturated/α-hetero) is 1. The number of allylic oxidation sites excluding steroid dienone is 2. The number of hydrogen-bond donors (Lipinski definition) is 1. The van der Waals surface area contributed by atoms with Gasteiger partial charge in [-0.1, -0.05) is 39.8 Å². The number of amides is 1. The largest absolute Gasteiger partial charge is 0.511 e. The molecule has 2 heterocycles. The number of fused-ring (bicyclic) bond motifs is 1. The van der Waals surface area contributed by atoms with Gasteiger partial charge in [0.15, 0.2) is 5.78 Å². The molecule has 0 radical (unpaired) electrons. The number of nitrogens with zero attached hydrogens (tertiary/aromatic N) is 1. The van der Waals surface area contributed by atoms with E-state index in [2.05, 4.69) is 39.8 Å². The van der Waals surface area contributed by atoms with E-state index in [9.17, 15) is 14.7 Å². The maximum absolute atomic E-state index is 13.3. The lowest BCUT2D eigenvalue weighted by Crippen LogP contribution is -2.45. The molecule has 5 nitrogen and oxygen atoms in total. The molecule has 1 unspecified atom stereocenters. The van der Waals surface area contributed by atoms with E-state index >= 15 is 0 Å². The van der Waals surface area contributed by atoms with Gasteiger partial charge in [0.25, 0.3) is 5.91 Å². The summed E-state index contributed by atoms with van der Waals surface area (Å²) in [6, 6.07) is -0.501. The SMILES string of the molecule is CC(C)[C@@H]1C(=O)/C(=C(/O)[C@@H]2C([C@]3(C)O[C@H]3C)C=C[C@H]3C[C@@H](C)C[C@@H](C)[C@@H]23)C(=O)N1C.